The molecule has 2 heterocycles. The summed E-state index contributed by atoms with van der Waals surface area (Å²) < 4.78 is 4.85. The lowest BCUT2D eigenvalue weighted by Gasteiger charge is -2.02. The minimum Gasteiger partial charge on any atom is -0.465 e. The molecule has 0 N–H and O–H groups in total. The number of thioether (sulfide) groups is 1. The fourth-order valence-electron chi connectivity index (χ4n) is 1.15. The number of nitrogens with zero attached hydrogens (tertiary/aromatic N) is 1. The summed E-state index contributed by atoms with van der Waals surface area (Å²) in [5, 5.41) is 0.821. The molecule has 1 aliphatic rings. The summed E-state index contributed by atoms with van der Waals surface area (Å²) in [5.74, 6) is -0.115. The van der Waals surface area contributed by atoms with Crippen molar-refractivity contribution in [3.8, 4) is 0 Å². The van der Waals surface area contributed by atoms with Crippen molar-refractivity contribution < 1.29 is 9.53 Å². The van der Waals surface area contributed by atoms with Crippen LogP contribution in [0.25, 0.3) is 0 Å². The molecule has 1 fully saturated rings. The number of carbonyl (C=O) groups is 1. The molecule has 0 saturated carbocycles. The van der Waals surface area contributed by atoms with Gasteiger partial charge in [-0.15, -0.1) is 0 Å². The molecule has 1 unspecified atom stereocenters. The topological polar surface area (TPSA) is 39.2 Å². The van der Waals surface area contributed by atoms with Crippen LogP contribution >= 0.6 is 11.8 Å². The van der Waals surface area contributed by atoms with E-state index in [0.717, 1.165) is 11.4 Å². The number of ether oxygens (including phenoxy) is 1. The van der Waals surface area contributed by atoms with E-state index in [4.69, 9.17) is 4.74 Å². The van der Waals surface area contributed by atoms with Crippen molar-refractivity contribution in [3.05, 3.63) is 24.4 Å². The minimum atomic E-state index is -0.115. The first-order chi connectivity index (χ1) is 6.36. The van der Waals surface area contributed by atoms with Crippen LogP contribution in [0.3, 0.4) is 0 Å². The number of esters is 1. The number of hydrogen-bond donors (Lipinski definition) is 0. The number of aromatic nitrogens is 1. The van der Waals surface area contributed by atoms with E-state index in [-0.39, 0.29) is 11.2 Å². The van der Waals surface area contributed by atoms with Crippen LogP contribution in [0.2, 0.25) is 0 Å². The maximum atomic E-state index is 11.1. The number of pyridine rings is 1. The maximum absolute atomic E-state index is 11.1. The molecule has 0 bridgehead atoms. The van der Waals surface area contributed by atoms with Crippen LogP contribution in [0.4, 0.5) is 0 Å². The molecule has 0 radical (unpaired) electrons. The number of hydrogen-bond acceptors (Lipinski definition) is 4. The second-order valence-corrected chi connectivity index (χ2v) is 3.95. The first-order valence-corrected chi connectivity index (χ1v) is 4.98. The fraction of sp³-hybridized carbons (Fsp3) is 0.333. The maximum Gasteiger partial charge on any atom is 0.319 e. The van der Waals surface area contributed by atoms with Crippen molar-refractivity contribution >= 4 is 17.7 Å². The Labute approximate surface area is 80.5 Å². The summed E-state index contributed by atoms with van der Waals surface area (Å²) in [6.45, 7) is 0.545. The summed E-state index contributed by atoms with van der Waals surface area (Å²) in [5.41, 5.74) is 0. The average Bonchev–Trinajstić information content (AvgIpc) is 2.54. The Morgan fingerprint density at radius 3 is 3.08 bits per heavy atom. The molecule has 0 amide bonds. The lowest BCUT2D eigenvalue weighted by atomic mass is 10.4. The van der Waals surface area contributed by atoms with Crippen molar-refractivity contribution in [3.63, 3.8) is 0 Å². The highest BCUT2D eigenvalue weighted by Crippen LogP contribution is 2.27. The molecule has 0 aromatic carbocycles. The van der Waals surface area contributed by atoms with Gasteiger partial charge < -0.3 is 4.74 Å². The summed E-state index contributed by atoms with van der Waals surface area (Å²) in [4.78, 5) is 15.2. The highest BCUT2D eigenvalue weighted by atomic mass is 32.2. The van der Waals surface area contributed by atoms with Crippen molar-refractivity contribution in [1.29, 1.82) is 0 Å². The number of rotatable bonds is 2. The monoisotopic (exact) mass is 195 g/mol. The highest BCUT2D eigenvalue weighted by Gasteiger charge is 2.27. The van der Waals surface area contributed by atoms with E-state index in [1.807, 2.05) is 18.2 Å². The summed E-state index contributed by atoms with van der Waals surface area (Å²) in [6.07, 6.45) is 2.52. The molecule has 1 aliphatic heterocycles. The molecule has 1 aromatic heterocycles. The molecule has 2 rings (SSSR count). The van der Waals surface area contributed by atoms with Gasteiger partial charge in [0.15, 0.2) is 0 Å². The summed E-state index contributed by atoms with van der Waals surface area (Å²) in [6, 6.07) is 5.67. The van der Waals surface area contributed by atoms with E-state index < -0.39 is 0 Å². The Balaban J connectivity index is 2.02. The number of carbonyl (C=O) groups excluding carboxylic acids is 1. The fourth-order valence-corrected chi connectivity index (χ4v) is 2.10. The quantitative estimate of drug-likeness (QED) is 0.670. The molecule has 3 nitrogen and oxygen atoms in total. The zero-order valence-corrected chi connectivity index (χ0v) is 7.79. The first kappa shape index (κ1) is 8.56. The SMILES string of the molecule is O=C1OCCC1Sc1ccccn1. The van der Waals surface area contributed by atoms with Gasteiger partial charge in [-0.3, -0.25) is 4.79 Å². The average molecular weight is 195 g/mol. The van der Waals surface area contributed by atoms with E-state index in [1.54, 1.807) is 6.20 Å². The molecule has 68 valence electrons. The van der Waals surface area contributed by atoms with Crippen molar-refractivity contribution in [2.24, 2.45) is 0 Å². The van der Waals surface area contributed by atoms with Gasteiger partial charge in [0.1, 0.15) is 5.25 Å². The highest BCUT2D eigenvalue weighted by molar-refractivity contribution is 8.00. The Hall–Kier alpha value is -1.03. The molecule has 1 aromatic rings. The van der Waals surface area contributed by atoms with Gasteiger partial charge in [-0.05, 0) is 12.1 Å². The van der Waals surface area contributed by atoms with Gasteiger partial charge >= 0.3 is 5.97 Å². The van der Waals surface area contributed by atoms with E-state index in [0.29, 0.717) is 6.61 Å². The largest absolute Gasteiger partial charge is 0.465 e. The zero-order valence-electron chi connectivity index (χ0n) is 6.97. The molecule has 13 heavy (non-hydrogen) atoms. The third-order valence-corrected chi connectivity index (χ3v) is 2.98. The van der Waals surface area contributed by atoms with Gasteiger partial charge in [-0.2, -0.15) is 0 Å². The Bertz CT molecular complexity index is 302. The van der Waals surface area contributed by atoms with Gasteiger partial charge in [0.25, 0.3) is 0 Å². The predicted molar refractivity (Wildman–Crippen MR) is 49.5 cm³/mol. The molecule has 4 heteroatoms. The third kappa shape index (κ3) is 2.01. The van der Waals surface area contributed by atoms with Gasteiger partial charge in [0.05, 0.1) is 11.6 Å². The van der Waals surface area contributed by atoms with Crippen molar-refractivity contribution in [2.45, 2.75) is 16.7 Å². The second-order valence-electron chi connectivity index (χ2n) is 2.73. The second kappa shape index (κ2) is 3.79. The predicted octanol–water partition coefficient (Wildman–Crippen LogP) is 1.49. The van der Waals surface area contributed by atoms with Crippen LogP contribution in [0.1, 0.15) is 6.42 Å². The Morgan fingerprint density at radius 1 is 1.54 bits per heavy atom. The molecular formula is C9H9NO2S. The Kier molecular flexibility index (Phi) is 2.49. The van der Waals surface area contributed by atoms with Crippen LogP contribution in [-0.2, 0) is 9.53 Å². The van der Waals surface area contributed by atoms with E-state index in [1.165, 1.54) is 11.8 Å². The third-order valence-electron chi connectivity index (χ3n) is 1.79. The van der Waals surface area contributed by atoms with Crippen LogP contribution in [0.15, 0.2) is 29.4 Å². The van der Waals surface area contributed by atoms with Crippen molar-refractivity contribution in [2.75, 3.05) is 6.61 Å². The smallest absolute Gasteiger partial charge is 0.319 e. The molecule has 1 saturated heterocycles. The normalized spacial score (nSPS) is 21.5. The van der Waals surface area contributed by atoms with Gasteiger partial charge in [-0.1, -0.05) is 17.8 Å². The van der Waals surface area contributed by atoms with E-state index in [2.05, 4.69) is 4.98 Å². The Morgan fingerprint density at radius 2 is 2.46 bits per heavy atom. The molecular weight excluding hydrogens is 186 g/mol. The summed E-state index contributed by atoms with van der Waals surface area (Å²) >= 11 is 1.47. The lowest BCUT2D eigenvalue weighted by Crippen LogP contribution is -2.09. The van der Waals surface area contributed by atoms with Crippen LogP contribution < -0.4 is 0 Å². The summed E-state index contributed by atoms with van der Waals surface area (Å²) in [7, 11) is 0. The van der Waals surface area contributed by atoms with Gasteiger partial charge in [-0.25, -0.2) is 4.98 Å². The van der Waals surface area contributed by atoms with Crippen LogP contribution in [-0.4, -0.2) is 22.8 Å². The number of cyclic esters (lactones) is 1. The standard InChI is InChI=1S/C9H9NO2S/c11-9-7(4-6-12-9)13-8-3-1-2-5-10-8/h1-3,5,7H,4,6H2. The molecule has 1 atom stereocenters. The van der Waals surface area contributed by atoms with Gasteiger partial charge in [0, 0.05) is 12.6 Å². The molecule has 0 spiro atoms. The van der Waals surface area contributed by atoms with E-state index in [9.17, 15) is 4.79 Å². The minimum absolute atomic E-state index is 0.0603. The molecule has 0 aliphatic carbocycles. The lowest BCUT2D eigenvalue weighted by molar-refractivity contribution is -0.137. The first-order valence-electron chi connectivity index (χ1n) is 4.10. The zero-order chi connectivity index (χ0) is 9.10. The van der Waals surface area contributed by atoms with E-state index >= 15 is 0 Å². The van der Waals surface area contributed by atoms with Crippen LogP contribution in [0, 0.1) is 0 Å². The van der Waals surface area contributed by atoms with Crippen molar-refractivity contribution in [1.82, 2.24) is 4.98 Å². The van der Waals surface area contributed by atoms with Gasteiger partial charge in [0.2, 0.25) is 0 Å². The van der Waals surface area contributed by atoms with Crippen LogP contribution in [0.5, 0.6) is 0 Å².